The number of hydrogen-bond donors (Lipinski definition) is 2. The zero-order valence-corrected chi connectivity index (χ0v) is 19.8. The van der Waals surface area contributed by atoms with Crippen molar-refractivity contribution < 1.29 is 28.8 Å². The molecule has 1 rings (SSSR count). The van der Waals surface area contributed by atoms with Gasteiger partial charge < -0.3 is 20.3 Å². The lowest BCUT2D eigenvalue weighted by molar-refractivity contribution is -0.385. The summed E-state index contributed by atoms with van der Waals surface area (Å²) < 4.78 is 5.18. The van der Waals surface area contributed by atoms with E-state index in [1.165, 1.54) is 30.0 Å². The fourth-order valence-electron chi connectivity index (χ4n) is 3.10. The van der Waals surface area contributed by atoms with Crippen LogP contribution >= 0.6 is 0 Å². The molecule has 0 radical (unpaired) electrons. The third-order valence-corrected chi connectivity index (χ3v) is 4.40. The molecule has 1 atom stereocenters. The molecule has 0 spiro atoms. The highest BCUT2D eigenvalue weighted by molar-refractivity contribution is 5.91. The van der Waals surface area contributed by atoms with Crippen LogP contribution < -0.4 is 10.6 Å². The van der Waals surface area contributed by atoms with Gasteiger partial charge in [0.2, 0.25) is 17.7 Å². The molecule has 0 fully saturated rings. The van der Waals surface area contributed by atoms with Crippen molar-refractivity contribution in [1.82, 2.24) is 15.5 Å². The minimum Gasteiger partial charge on any atom is -0.459 e. The van der Waals surface area contributed by atoms with Crippen molar-refractivity contribution in [1.29, 1.82) is 0 Å². The summed E-state index contributed by atoms with van der Waals surface area (Å²) in [5, 5.41) is 16.3. The Bertz CT molecular complexity index is 893. The molecule has 0 aliphatic heterocycles. The summed E-state index contributed by atoms with van der Waals surface area (Å²) in [5.41, 5.74) is -0.706. The summed E-state index contributed by atoms with van der Waals surface area (Å²) in [6.45, 7) is 8.70. The quantitative estimate of drug-likeness (QED) is 0.303. The van der Waals surface area contributed by atoms with E-state index in [9.17, 15) is 29.3 Å². The van der Waals surface area contributed by atoms with Gasteiger partial charge in [-0.1, -0.05) is 32.0 Å². The van der Waals surface area contributed by atoms with Gasteiger partial charge in [-0.05, 0) is 26.7 Å². The molecule has 1 aromatic rings. The van der Waals surface area contributed by atoms with Gasteiger partial charge in [0, 0.05) is 18.6 Å². The van der Waals surface area contributed by atoms with Crippen molar-refractivity contribution in [2.24, 2.45) is 5.92 Å². The van der Waals surface area contributed by atoms with Gasteiger partial charge in [-0.3, -0.25) is 29.3 Å². The number of rotatable bonds is 10. The number of hydrogen-bond acceptors (Lipinski definition) is 7. The van der Waals surface area contributed by atoms with Crippen LogP contribution in [-0.4, -0.2) is 58.2 Å². The Kier molecular flexibility index (Phi) is 9.96. The van der Waals surface area contributed by atoms with E-state index in [-0.39, 0.29) is 17.8 Å². The summed E-state index contributed by atoms with van der Waals surface area (Å²) in [7, 11) is 0. The monoisotopic (exact) mass is 464 g/mol. The zero-order chi connectivity index (χ0) is 25.3. The molecule has 11 nitrogen and oxygen atoms in total. The van der Waals surface area contributed by atoms with Crippen LogP contribution in [0.2, 0.25) is 0 Å². The molecule has 0 bridgehead atoms. The third-order valence-electron chi connectivity index (χ3n) is 4.40. The van der Waals surface area contributed by atoms with E-state index in [1.54, 1.807) is 40.7 Å². The zero-order valence-electron chi connectivity index (χ0n) is 19.8. The maximum atomic E-state index is 13.0. The summed E-state index contributed by atoms with van der Waals surface area (Å²) >= 11 is 0. The molecule has 0 heterocycles. The second kappa shape index (κ2) is 11.9. The molecule has 182 valence electrons. The molecule has 11 heteroatoms. The number of nitrogens with zero attached hydrogens (tertiary/aromatic N) is 2. The van der Waals surface area contributed by atoms with Gasteiger partial charge in [0.15, 0.2) is 0 Å². The minimum atomic E-state index is -1.06. The van der Waals surface area contributed by atoms with Gasteiger partial charge in [-0.15, -0.1) is 0 Å². The maximum absolute atomic E-state index is 13.0. The SMILES string of the molecule is CC(=O)NCC(=O)N(Cc1ccccc1[N+](=O)[O-])C(C(=O)NCC(=O)OC(C)(C)C)C(C)C. The number of carbonyl (C=O) groups excluding carboxylic acids is 4. The topological polar surface area (TPSA) is 148 Å². The molecular weight excluding hydrogens is 432 g/mol. The molecule has 0 aliphatic rings. The highest BCUT2D eigenvalue weighted by Crippen LogP contribution is 2.23. The lowest BCUT2D eigenvalue weighted by atomic mass is 10.00. The maximum Gasteiger partial charge on any atom is 0.325 e. The highest BCUT2D eigenvalue weighted by Gasteiger charge is 2.34. The minimum absolute atomic E-state index is 0.202. The van der Waals surface area contributed by atoms with Crippen molar-refractivity contribution in [3.05, 3.63) is 39.9 Å². The fraction of sp³-hybridized carbons (Fsp3) is 0.545. The van der Waals surface area contributed by atoms with Crippen LogP contribution in [0.5, 0.6) is 0 Å². The molecule has 0 saturated heterocycles. The summed E-state index contributed by atoms with van der Waals surface area (Å²) in [6.07, 6.45) is 0. The molecule has 1 unspecified atom stereocenters. The van der Waals surface area contributed by atoms with Crippen LogP contribution in [0.3, 0.4) is 0 Å². The molecule has 3 amide bonds. The van der Waals surface area contributed by atoms with Crippen molar-refractivity contribution >= 4 is 29.4 Å². The second-order valence-corrected chi connectivity index (χ2v) is 8.81. The van der Waals surface area contributed by atoms with E-state index in [4.69, 9.17) is 4.74 Å². The van der Waals surface area contributed by atoms with E-state index in [0.29, 0.717) is 0 Å². The van der Waals surface area contributed by atoms with Crippen molar-refractivity contribution in [2.75, 3.05) is 13.1 Å². The normalized spacial score (nSPS) is 12.0. The highest BCUT2D eigenvalue weighted by atomic mass is 16.6. The van der Waals surface area contributed by atoms with E-state index in [1.807, 2.05) is 0 Å². The Labute approximate surface area is 193 Å². The summed E-state index contributed by atoms with van der Waals surface area (Å²) in [6, 6.07) is 4.82. The predicted molar refractivity (Wildman–Crippen MR) is 120 cm³/mol. The molecule has 0 aliphatic carbocycles. The number of nitro groups is 1. The molecule has 0 saturated carbocycles. The van der Waals surface area contributed by atoms with Crippen LogP contribution in [-0.2, 0) is 30.5 Å². The fourth-order valence-corrected chi connectivity index (χ4v) is 3.10. The Morgan fingerprint density at radius 2 is 1.70 bits per heavy atom. The van der Waals surface area contributed by atoms with Gasteiger partial charge in [0.1, 0.15) is 18.2 Å². The van der Waals surface area contributed by atoms with Crippen LogP contribution in [0.1, 0.15) is 47.1 Å². The van der Waals surface area contributed by atoms with E-state index >= 15 is 0 Å². The van der Waals surface area contributed by atoms with Gasteiger partial charge in [0.05, 0.1) is 18.0 Å². The molecule has 2 N–H and O–H groups in total. The first-order chi connectivity index (χ1) is 15.2. The van der Waals surface area contributed by atoms with Crippen molar-refractivity contribution in [3.8, 4) is 0 Å². The number of amides is 3. The first-order valence-electron chi connectivity index (χ1n) is 10.5. The number of nitrogens with one attached hydrogen (secondary N) is 2. The van der Waals surface area contributed by atoms with Gasteiger partial charge in [-0.25, -0.2) is 0 Å². The first kappa shape index (κ1) is 27.5. The molecule has 1 aromatic carbocycles. The van der Waals surface area contributed by atoms with Crippen LogP contribution in [0.25, 0.3) is 0 Å². The molecule has 0 aromatic heterocycles. The van der Waals surface area contributed by atoms with E-state index in [0.717, 1.165) is 0 Å². The standard InChI is InChI=1S/C22H32N4O7/c1-14(2)20(21(30)24-12-19(29)33-22(4,5)6)25(18(28)11-23-15(3)27)13-16-9-7-8-10-17(16)26(31)32/h7-10,14,20H,11-13H2,1-6H3,(H,23,27)(H,24,30). The largest absolute Gasteiger partial charge is 0.459 e. The number of carbonyl (C=O) groups is 4. The predicted octanol–water partition coefficient (Wildman–Crippen LogP) is 1.54. The Hall–Kier alpha value is -3.50. The number of benzene rings is 1. The average molecular weight is 465 g/mol. The van der Waals surface area contributed by atoms with Crippen LogP contribution in [0.4, 0.5) is 5.69 Å². The van der Waals surface area contributed by atoms with E-state index in [2.05, 4.69) is 10.6 Å². The van der Waals surface area contributed by atoms with Gasteiger partial charge in [-0.2, -0.15) is 0 Å². The Morgan fingerprint density at radius 1 is 1.09 bits per heavy atom. The summed E-state index contributed by atoms with van der Waals surface area (Å²) in [4.78, 5) is 61.3. The van der Waals surface area contributed by atoms with Crippen LogP contribution in [0, 0.1) is 16.0 Å². The second-order valence-electron chi connectivity index (χ2n) is 8.81. The Morgan fingerprint density at radius 3 is 2.21 bits per heavy atom. The molecule has 33 heavy (non-hydrogen) atoms. The number of ether oxygens (including phenoxy) is 1. The number of nitro benzene ring substituents is 1. The van der Waals surface area contributed by atoms with Crippen molar-refractivity contribution in [2.45, 2.75) is 59.7 Å². The lowest BCUT2D eigenvalue weighted by Crippen LogP contribution is -2.54. The number of para-hydroxylation sites is 1. The smallest absolute Gasteiger partial charge is 0.325 e. The van der Waals surface area contributed by atoms with E-state index < -0.39 is 59.3 Å². The Balaban J connectivity index is 3.21. The van der Waals surface area contributed by atoms with Gasteiger partial charge >= 0.3 is 5.97 Å². The molecular formula is C22H32N4O7. The van der Waals surface area contributed by atoms with Crippen LogP contribution in [0.15, 0.2) is 24.3 Å². The van der Waals surface area contributed by atoms with Gasteiger partial charge in [0.25, 0.3) is 5.69 Å². The third kappa shape index (κ3) is 9.26. The average Bonchev–Trinajstić information content (AvgIpc) is 2.68. The lowest BCUT2D eigenvalue weighted by Gasteiger charge is -2.33. The number of esters is 1. The van der Waals surface area contributed by atoms with Crippen molar-refractivity contribution in [3.63, 3.8) is 0 Å². The first-order valence-corrected chi connectivity index (χ1v) is 10.5. The summed E-state index contributed by atoms with van der Waals surface area (Å²) in [5.74, 6) is -2.72.